The summed E-state index contributed by atoms with van der Waals surface area (Å²) in [7, 11) is -4.30. The predicted octanol–water partition coefficient (Wildman–Crippen LogP) is 2.89. The van der Waals surface area contributed by atoms with Crippen LogP contribution in [0.1, 0.15) is 5.56 Å². The third-order valence-electron chi connectivity index (χ3n) is 4.66. The molecular formula is C21H15F2N3O4S. The van der Waals surface area contributed by atoms with Gasteiger partial charge in [-0.05, 0) is 48.5 Å². The minimum Gasteiger partial charge on any atom is -0.307 e. The number of nitrogens with zero attached hydrogens (tertiary/aromatic N) is 1. The molecule has 0 aliphatic rings. The maximum atomic E-state index is 14.3. The number of benzene rings is 3. The van der Waals surface area contributed by atoms with E-state index in [9.17, 15) is 26.8 Å². The van der Waals surface area contributed by atoms with Gasteiger partial charge in [0.05, 0.1) is 28.0 Å². The molecule has 0 amide bonds. The molecule has 0 fully saturated rings. The van der Waals surface area contributed by atoms with E-state index in [0.717, 1.165) is 28.6 Å². The number of rotatable bonds is 5. The van der Waals surface area contributed by atoms with Gasteiger partial charge in [-0.1, -0.05) is 18.2 Å². The fourth-order valence-corrected chi connectivity index (χ4v) is 4.63. The van der Waals surface area contributed by atoms with Gasteiger partial charge in [0.1, 0.15) is 11.6 Å². The number of hydrogen-bond donors (Lipinski definition) is 2. The van der Waals surface area contributed by atoms with Gasteiger partial charge in [0.15, 0.2) is 0 Å². The first-order chi connectivity index (χ1) is 14.8. The summed E-state index contributed by atoms with van der Waals surface area (Å²) in [6.07, 6.45) is 0. The van der Waals surface area contributed by atoms with Crippen molar-refractivity contribution in [1.29, 1.82) is 0 Å². The van der Waals surface area contributed by atoms with Crippen LogP contribution in [0.15, 0.2) is 81.2 Å². The molecule has 0 unspecified atom stereocenters. The highest BCUT2D eigenvalue weighted by atomic mass is 32.2. The van der Waals surface area contributed by atoms with Crippen LogP contribution < -0.4 is 15.6 Å². The molecule has 158 valence electrons. The zero-order valence-corrected chi connectivity index (χ0v) is 16.6. The van der Waals surface area contributed by atoms with Crippen LogP contribution in [0.3, 0.4) is 0 Å². The summed E-state index contributed by atoms with van der Waals surface area (Å²) < 4.78 is 55.8. The van der Waals surface area contributed by atoms with Crippen LogP contribution in [-0.4, -0.2) is 18.4 Å². The Hall–Kier alpha value is -3.79. The number of sulfonamides is 1. The molecule has 0 aliphatic carbocycles. The van der Waals surface area contributed by atoms with Crippen molar-refractivity contribution in [1.82, 2.24) is 9.97 Å². The highest BCUT2D eigenvalue weighted by Crippen LogP contribution is 2.27. The molecule has 0 bridgehead atoms. The van der Waals surface area contributed by atoms with Crippen LogP contribution >= 0.6 is 0 Å². The maximum absolute atomic E-state index is 14.3. The van der Waals surface area contributed by atoms with Gasteiger partial charge in [0.25, 0.3) is 15.6 Å². The summed E-state index contributed by atoms with van der Waals surface area (Å²) in [4.78, 5) is 27.8. The molecule has 4 aromatic rings. The Bertz CT molecular complexity index is 1500. The Morgan fingerprint density at radius 1 is 0.871 bits per heavy atom. The molecule has 1 heterocycles. The van der Waals surface area contributed by atoms with E-state index in [1.807, 2.05) is 4.98 Å². The van der Waals surface area contributed by atoms with Gasteiger partial charge in [0, 0.05) is 5.56 Å². The minimum absolute atomic E-state index is 0.0365. The van der Waals surface area contributed by atoms with Crippen molar-refractivity contribution in [3.63, 3.8) is 0 Å². The van der Waals surface area contributed by atoms with E-state index in [4.69, 9.17) is 0 Å². The number of fused-ring (bicyclic) bond motifs is 1. The van der Waals surface area contributed by atoms with Crippen LogP contribution in [0, 0.1) is 11.6 Å². The van der Waals surface area contributed by atoms with Crippen molar-refractivity contribution in [2.75, 3.05) is 4.31 Å². The van der Waals surface area contributed by atoms with Crippen molar-refractivity contribution in [3.05, 3.63) is 105 Å². The molecule has 31 heavy (non-hydrogen) atoms. The first-order valence-corrected chi connectivity index (χ1v) is 10.5. The standard InChI is InChI=1S/C21H15F2N3O4S/c22-14-6-8-18(23)13(10-14)12-26(15-4-2-1-3-5-15)31(29,30)16-7-9-19-17(11-16)20(27)25-21(28)24-19/h1-11H,12H2,(H2,24,25,27,28). The lowest BCUT2D eigenvalue weighted by atomic mass is 10.2. The first kappa shape index (κ1) is 20.5. The Labute approximate surface area is 174 Å². The number of hydrogen-bond acceptors (Lipinski definition) is 4. The minimum atomic E-state index is -4.30. The second kappa shape index (κ2) is 7.80. The Morgan fingerprint density at radius 2 is 1.61 bits per heavy atom. The number of halogens is 2. The van der Waals surface area contributed by atoms with Crippen molar-refractivity contribution >= 4 is 26.6 Å². The fraction of sp³-hybridized carbons (Fsp3) is 0.0476. The van der Waals surface area contributed by atoms with Gasteiger partial charge in [-0.25, -0.2) is 22.0 Å². The summed E-state index contributed by atoms with van der Waals surface area (Å²) >= 11 is 0. The van der Waals surface area contributed by atoms with E-state index in [1.165, 1.54) is 24.3 Å². The number of nitrogens with one attached hydrogen (secondary N) is 2. The monoisotopic (exact) mass is 443 g/mol. The molecule has 7 nitrogen and oxygen atoms in total. The van der Waals surface area contributed by atoms with Crippen molar-refractivity contribution in [3.8, 4) is 0 Å². The summed E-state index contributed by atoms with van der Waals surface area (Å²) in [5, 5.41) is -0.0365. The number of para-hydroxylation sites is 1. The van der Waals surface area contributed by atoms with Crippen LogP contribution in [-0.2, 0) is 16.6 Å². The Morgan fingerprint density at radius 3 is 2.35 bits per heavy atom. The van der Waals surface area contributed by atoms with E-state index in [0.29, 0.717) is 0 Å². The van der Waals surface area contributed by atoms with Crippen LogP contribution in [0.25, 0.3) is 10.9 Å². The lowest BCUT2D eigenvalue weighted by Crippen LogP contribution is -2.31. The topological polar surface area (TPSA) is 103 Å². The van der Waals surface area contributed by atoms with Crippen molar-refractivity contribution in [2.24, 2.45) is 0 Å². The summed E-state index contributed by atoms with van der Waals surface area (Å²) in [6, 6.07) is 14.4. The maximum Gasteiger partial charge on any atom is 0.326 e. The van der Waals surface area contributed by atoms with Gasteiger partial charge in [-0.15, -0.1) is 0 Å². The molecular weight excluding hydrogens is 428 g/mol. The smallest absolute Gasteiger partial charge is 0.307 e. The Kier molecular flexibility index (Phi) is 5.15. The molecule has 10 heteroatoms. The molecule has 0 saturated heterocycles. The predicted molar refractivity (Wildman–Crippen MR) is 111 cm³/mol. The molecule has 0 atom stereocenters. The van der Waals surface area contributed by atoms with E-state index in [-0.39, 0.29) is 27.0 Å². The third-order valence-corrected chi connectivity index (χ3v) is 6.43. The highest BCUT2D eigenvalue weighted by molar-refractivity contribution is 7.92. The summed E-state index contributed by atoms with van der Waals surface area (Å²) in [5.41, 5.74) is -1.24. The highest BCUT2D eigenvalue weighted by Gasteiger charge is 2.27. The molecule has 0 aliphatic heterocycles. The van der Waals surface area contributed by atoms with Gasteiger partial charge >= 0.3 is 5.69 Å². The average Bonchev–Trinajstić information content (AvgIpc) is 2.74. The van der Waals surface area contributed by atoms with Crippen LogP contribution in [0.2, 0.25) is 0 Å². The zero-order chi connectivity index (χ0) is 22.2. The lowest BCUT2D eigenvalue weighted by molar-refractivity contribution is 0.576. The first-order valence-electron chi connectivity index (χ1n) is 9.04. The lowest BCUT2D eigenvalue weighted by Gasteiger charge is -2.25. The van der Waals surface area contributed by atoms with Gasteiger partial charge in [0.2, 0.25) is 0 Å². The second-order valence-corrected chi connectivity index (χ2v) is 8.56. The van der Waals surface area contributed by atoms with Gasteiger partial charge in [-0.3, -0.25) is 14.1 Å². The van der Waals surface area contributed by atoms with E-state index >= 15 is 0 Å². The SMILES string of the molecule is O=c1[nH]c(=O)c2cc(S(=O)(=O)N(Cc3cc(F)ccc3F)c3ccccc3)ccc2[nH]1. The second-order valence-electron chi connectivity index (χ2n) is 6.70. The van der Waals surface area contributed by atoms with Crippen LogP contribution in [0.5, 0.6) is 0 Å². The largest absolute Gasteiger partial charge is 0.326 e. The number of H-pyrrole nitrogens is 2. The van der Waals surface area contributed by atoms with Gasteiger partial charge < -0.3 is 4.98 Å². The van der Waals surface area contributed by atoms with Crippen LogP contribution in [0.4, 0.5) is 14.5 Å². The molecule has 3 aromatic carbocycles. The quantitative estimate of drug-likeness (QED) is 0.495. The van der Waals surface area contributed by atoms with E-state index < -0.39 is 39.5 Å². The van der Waals surface area contributed by atoms with E-state index in [2.05, 4.69) is 4.98 Å². The molecule has 2 N–H and O–H groups in total. The molecule has 0 radical (unpaired) electrons. The zero-order valence-electron chi connectivity index (χ0n) is 15.8. The van der Waals surface area contributed by atoms with E-state index in [1.54, 1.807) is 18.2 Å². The number of aromatic amines is 2. The average molecular weight is 443 g/mol. The molecule has 0 saturated carbocycles. The molecule has 4 rings (SSSR count). The number of aromatic nitrogens is 2. The summed E-state index contributed by atoms with van der Waals surface area (Å²) in [5.74, 6) is -1.46. The molecule has 0 spiro atoms. The van der Waals surface area contributed by atoms with Crippen molar-refractivity contribution < 1.29 is 17.2 Å². The Balaban J connectivity index is 1.88. The van der Waals surface area contributed by atoms with Crippen molar-refractivity contribution in [2.45, 2.75) is 11.4 Å². The third kappa shape index (κ3) is 3.97. The fourth-order valence-electron chi connectivity index (χ4n) is 3.16. The molecule has 1 aromatic heterocycles. The van der Waals surface area contributed by atoms with Gasteiger partial charge in [-0.2, -0.15) is 0 Å². The number of anilines is 1. The normalized spacial score (nSPS) is 11.5. The summed E-state index contributed by atoms with van der Waals surface area (Å²) in [6.45, 7) is -0.476.